The summed E-state index contributed by atoms with van der Waals surface area (Å²) in [7, 11) is 0. The van der Waals surface area contributed by atoms with Crippen LogP contribution in [0.1, 0.15) is 20.8 Å². The predicted molar refractivity (Wildman–Crippen MR) is 78.3 cm³/mol. The molecule has 0 aliphatic heterocycles. The first-order valence-electron chi connectivity index (χ1n) is 6.08. The molecule has 1 aromatic carbocycles. The van der Waals surface area contributed by atoms with Crippen LogP contribution in [0.5, 0.6) is 0 Å². The molecule has 7 heteroatoms. The Morgan fingerprint density at radius 1 is 1.33 bits per heavy atom. The van der Waals surface area contributed by atoms with Crippen LogP contribution in [0.25, 0.3) is 0 Å². The van der Waals surface area contributed by atoms with Crippen molar-refractivity contribution in [2.75, 3.05) is 5.32 Å². The lowest BCUT2D eigenvalue weighted by molar-refractivity contribution is 0.0696. The lowest BCUT2D eigenvalue weighted by Gasteiger charge is -2.08. The highest BCUT2D eigenvalue weighted by molar-refractivity contribution is 7.10. The third kappa shape index (κ3) is 3.79. The van der Waals surface area contributed by atoms with Crippen LogP contribution in [0.3, 0.4) is 0 Å². The molecule has 2 amide bonds. The Morgan fingerprint density at radius 3 is 2.67 bits per heavy atom. The summed E-state index contributed by atoms with van der Waals surface area (Å²) >= 11 is 1.52. The van der Waals surface area contributed by atoms with E-state index in [1.165, 1.54) is 23.5 Å². The fourth-order valence-corrected chi connectivity index (χ4v) is 2.51. The smallest absolute Gasteiger partial charge is 0.335 e. The van der Waals surface area contributed by atoms with Crippen molar-refractivity contribution < 1.29 is 19.1 Å². The summed E-state index contributed by atoms with van der Waals surface area (Å²) in [6, 6.07) is 4.70. The number of amides is 2. The van der Waals surface area contributed by atoms with Crippen molar-refractivity contribution in [3.05, 3.63) is 51.5 Å². The Morgan fingerprint density at radius 2 is 2.10 bits per heavy atom. The molecule has 0 bridgehead atoms. The van der Waals surface area contributed by atoms with Gasteiger partial charge in [-0.05, 0) is 42.1 Å². The molecule has 2 rings (SSSR count). The summed E-state index contributed by atoms with van der Waals surface area (Å²) in [6.07, 6.45) is 0. The topological polar surface area (TPSA) is 78.4 Å². The minimum absolute atomic E-state index is 0.0691. The quantitative estimate of drug-likeness (QED) is 0.811. The maximum Gasteiger partial charge on any atom is 0.335 e. The predicted octanol–water partition coefficient (Wildman–Crippen LogP) is 3.22. The van der Waals surface area contributed by atoms with Gasteiger partial charge < -0.3 is 15.7 Å². The second kappa shape index (κ2) is 6.36. The molecular weight excluding hydrogens is 295 g/mol. The molecule has 21 heavy (non-hydrogen) atoms. The van der Waals surface area contributed by atoms with E-state index < -0.39 is 17.8 Å². The molecule has 0 radical (unpaired) electrons. The van der Waals surface area contributed by atoms with Gasteiger partial charge in [-0.1, -0.05) is 0 Å². The van der Waals surface area contributed by atoms with E-state index >= 15 is 0 Å². The Balaban J connectivity index is 1.96. The molecule has 0 atom stereocenters. The van der Waals surface area contributed by atoms with E-state index in [2.05, 4.69) is 10.6 Å². The zero-order valence-electron chi connectivity index (χ0n) is 11.1. The molecule has 2 aromatic rings. The number of rotatable bonds is 4. The van der Waals surface area contributed by atoms with Gasteiger partial charge in [0.2, 0.25) is 0 Å². The number of thiophene rings is 1. The van der Waals surface area contributed by atoms with Crippen LogP contribution in [0.2, 0.25) is 0 Å². The van der Waals surface area contributed by atoms with Crippen LogP contribution in [0.15, 0.2) is 29.6 Å². The number of aryl methyl sites for hydroxylation is 1. The number of anilines is 1. The molecule has 0 aliphatic carbocycles. The number of carbonyl (C=O) groups is 2. The molecule has 0 saturated heterocycles. The summed E-state index contributed by atoms with van der Waals surface area (Å²) in [5.41, 5.74) is 0.838. The van der Waals surface area contributed by atoms with Gasteiger partial charge in [-0.3, -0.25) is 0 Å². The third-order valence-corrected chi connectivity index (χ3v) is 3.86. The Kier molecular flexibility index (Phi) is 4.54. The van der Waals surface area contributed by atoms with Crippen molar-refractivity contribution in [2.24, 2.45) is 0 Å². The zero-order valence-corrected chi connectivity index (χ0v) is 12.0. The van der Waals surface area contributed by atoms with Gasteiger partial charge in [0.1, 0.15) is 5.82 Å². The number of benzene rings is 1. The van der Waals surface area contributed by atoms with Crippen LogP contribution in [0.4, 0.5) is 14.9 Å². The SMILES string of the molecule is Cc1ccsc1CNC(=O)Nc1ccc(C(=O)O)cc1F. The Labute approximate surface area is 124 Å². The van der Waals surface area contributed by atoms with Gasteiger partial charge >= 0.3 is 12.0 Å². The maximum atomic E-state index is 13.6. The first-order chi connectivity index (χ1) is 9.97. The molecule has 1 aromatic heterocycles. The van der Waals surface area contributed by atoms with Crippen molar-refractivity contribution >= 4 is 29.0 Å². The fraction of sp³-hybridized carbons (Fsp3) is 0.143. The van der Waals surface area contributed by atoms with Crippen LogP contribution >= 0.6 is 11.3 Å². The van der Waals surface area contributed by atoms with Gasteiger partial charge in [0, 0.05) is 4.88 Å². The fourth-order valence-electron chi connectivity index (χ4n) is 1.66. The van der Waals surface area contributed by atoms with Crippen LogP contribution in [0, 0.1) is 12.7 Å². The molecule has 3 N–H and O–H groups in total. The second-order valence-corrected chi connectivity index (χ2v) is 5.33. The summed E-state index contributed by atoms with van der Waals surface area (Å²) in [4.78, 5) is 23.4. The molecule has 110 valence electrons. The van der Waals surface area contributed by atoms with Crippen LogP contribution in [-0.4, -0.2) is 17.1 Å². The largest absolute Gasteiger partial charge is 0.478 e. The highest BCUT2D eigenvalue weighted by atomic mass is 32.1. The van der Waals surface area contributed by atoms with Crippen molar-refractivity contribution in [2.45, 2.75) is 13.5 Å². The minimum Gasteiger partial charge on any atom is -0.478 e. The van der Waals surface area contributed by atoms with E-state index in [-0.39, 0.29) is 11.3 Å². The number of nitrogens with one attached hydrogen (secondary N) is 2. The van der Waals surface area contributed by atoms with E-state index in [1.807, 2.05) is 18.4 Å². The summed E-state index contributed by atoms with van der Waals surface area (Å²) in [5, 5.41) is 15.6. The van der Waals surface area contributed by atoms with E-state index in [9.17, 15) is 14.0 Å². The lowest BCUT2D eigenvalue weighted by atomic mass is 10.2. The first kappa shape index (κ1) is 15.0. The van der Waals surface area contributed by atoms with E-state index in [0.29, 0.717) is 6.54 Å². The van der Waals surface area contributed by atoms with Crippen LogP contribution < -0.4 is 10.6 Å². The number of hydrogen-bond donors (Lipinski definition) is 3. The standard InChI is InChI=1S/C14H13FN2O3S/c1-8-4-5-21-12(8)7-16-14(20)17-11-3-2-9(13(18)19)6-10(11)15/h2-6H,7H2,1H3,(H,18,19)(H2,16,17,20). The molecule has 0 aliphatic rings. The molecule has 1 heterocycles. The van der Waals surface area contributed by atoms with Gasteiger partial charge in [-0.2, -0.15) is 0 Å². The molecule has 5 nitrogen and oxygen atoms in total. The van der Waals surface area contributed by atoms with Crippen LogP contribution in [-0.2, 0) is 6.54 Å². The second-order valence-electron chi connectivity index (χ2n) is 4.33. The highest BCUT2D eigenvalue weighted by Gasteiger charge is 2.11. The monoisotopic (exact) mass is 308 g/mol. The summed E-state index contributed by atoms with van der Waals surface area (Å²) in [5.74, 6) is -2.02. The van der Waals surface area contributed by atoms with E-state index in [4.69, 9.17) is 5.11 Å². The summed E-state index contributed by atoms with van der Waals surface area (Å²) in [6.45, 7) is 2.29. The molecule has 0 unspecified atom stereocenters. The van der Waals surface area contributed by atoms with Crippen molar-refractivity contribution in [1.82, 2.24) is 5.32 Å². The van der Waals surface area contributed by atoms with E-state index in [0.717, 1.165) is 16.5 Å². The van der Waals surface area contributed by atoms with Crippen molar-refractivity contribution in [3.8, 4) is 0 Å². The average molecular weight is 308 g/mol. The van der Waals surface area contributed by atoms with Gasteiger partial charge in [0.15, 0.2) is 0 Å². The zero-order chi connectivity index (χ0) is 15.4. The Bertz CT molecular complexity index is 685. The number of halogens is 1. The van der Waals surface area contributed by atoms with Crippen molar-refractivity contribution in [3.63, 3.8) is 0 Å². The van der Waals surface area contributed by atoms with Gasteiger partial charge in [0.05, 0.1) is 17.8 Å². The third-order valence-electron chi connectivity index (χ3n) is 2.84. The number of hydrogen-bond acceptors (Lipinski definition) is 3. The van der Waals surface area contributed by atoms with Gasteiger partial charge in [0.25, 0.3) is 0 Å². The molecule has 0 spiro atoms. The molecule has 0 saturated carbocycles. The lowest BCUT2D eigenvalue weighted by Crippen LogP contribution is -2.28. The van der Waals surface area contributed by atoms with Crippen molar-refractivity contribution in [1.29, 1.82) is 0 Å². The molecule has 0 fully saturated rings. The number of carbonyl (C=O) groups excluding carboxylic acids is 1. The number of carboxylic acids is 1. The molecular formula is C14H13FN2O3S. The normalized spacial score (nSPS) is 10.2. The highest BCUT2D eigenvalue weighted by Crippen LogP contribution is 2.17. The van der Waals surface area contributed by atoms with Gasteiger partial charge in [-0.25, -0.2) is 14.0 Å². The van der Waals surface area contributed by atoms with E-state index in [1.54, 1.807) is 0 Å². The number of urea groups is 1. The first-order valence-corrected chi connectivity index (χ1v) is 6.96. The number of aromatic carboxylic acids is 1. The maximum absolute atomic E-state index is 13.6. The average Bonchev–Trinajstić information content (AvgIpc) is 2.84. The Hall–Kier alpha value is -2.41. The minimum atomic E-state index is -1.22. The van der Waals surface area contributed by atoms with Gasteiger partial charge in [-0.15, -0.1) is 11.3 Å². The number of carboxylic acid groups (broad SMARTS) is 1. The summed E-state index contributed by atoms with van der Waals surface area (Å²) < 4.78 is 13.6.